The number of amides is 1. The fourth-order valence-electron chi connectivity index (χ4n) is 3.59. The smallest absolute Gasteiger partial charge is 0.228 e. The number of anilines is 2. The van der Waals surface area contributed by atoms with Gasteiger partial charge in [-0.2, -0.15) is 0 Å². The van der Waals surface area contributed by atoms with Crippen molar-refractivity contribution in [2.75, 3.05) is 17.2 Å². The molecule has 0 atom stereocenters. The van der Waals surface area contributed by atoms with E-state index in [2.05, 4.69) is 21.2 Å². The van der Waals surface area contributed by atoms with Gasteiger partial charge in [-0.25, -0.2) is 4.98 Å². The number of carbonyl (C=O) groups excluding carboxylic acids is 1. The molecule has 4 aromatic rings. The van der Waals surface area contributed by atoms with E-state index in [0.29, 0.717) is 17.4 Å². The van der Waals surface area contributed by atoms with E-state index in [9.17, 15) is 4.79 Å². The lowest BCUT2D eigenvalue weighted by Crippen LogP contribution is -2.35. The number of hydrogen-bond acceptors (Lipinski definition) is 6. The van der Waals surface area contributed by atoms with E-state index < -0.39 is 0 Å². The van der Waals surface area contributed by atoms with Gasteiger partial charge in [0.05, 0.1) is 5.69 Å². The summed E-state index contributed by atoms with van der Waals surface area (Å²) in [6, 6.07) is 11.9. The average molecular weight is 390 g/mol. The van der Waals surface area contributed by atoms with Gasteiger partial charge < -0.3 is 10.7 Å². The van der Waals surface area contributed by atoms with Gasteiger partial charge in [-0.3, -0.25) is 9.69 Å². The molecule has 1 saturated heterocycles. The number of benzene rings is 1. The molecule has 1 amide bonds. The second-order valence-electron chi connectivity index (χ2n) is 6.79. The van der Waals surface area contributed by atoms with Crippen LogP contribution in [0.25, 0.3) is 32.7 Å². The Labute approximate surface area is 165 Å². The number of rotatable bonds is 3. The summed E-state index contributed by atoms with van der Waals surface area (Å²) >= 11 is 1.36. The molecule has 1 aromatic carbocycles. The first kappa shape index (κ1) is 16.9. The zero-order valence-corrected chi connectivity index (χ0v) is 15.9. The largest absolute Gasteiger partial charge is 0.374 e. The van der Waals surface area contributed by atoms with E-state index in [1.54, 1.807) is 4.90 Å². The summed E-state index contributed by atoms with van der Waals surface area (Å²) in [5, 5.41) is 10.3. The SMILES string of the molecule is Nc1nnc(-c2ccc3[nH]cc(-c4cccc(N5CCCCC5=O)n4)c3c2)s1. The molecule has 1 aliphatic heterocycles. The van der Waals surface area contributed by atoms with Crippen LogP contribution in [0.4, 0.5) is 10.9 Å². The summed E-state index contributed by atoms with van der Waals surface area (Å²) in [5.74, 6) is 0.857. The summed E-state index contributed by atoms with van der Waals surface area (Å²) in [7, 11) is 0. The summed E-state index contributed by atoms with van der Waals surface area (Å²) in [4.78, 5) is 22.1. The van der Waals surface area contributed by atoms with Crippen molar-refractivity contribution in [1.82, 2.24) is 20.2 Å². The lowest BCUT2D eigenvalue weighted by molar-refractivity contribution is -0.119. The highest BCUT2D eigenvalue weighted by Crippen LogP contribution is 2.33. The Morgan fingerprint density at radius 1 is 1.14 bits per heavy atom. The fraction of sp³-hybridized carbons (Fsp3) is 0.200. The molecule has 0 spiro atoms. The van der Waals surface area contributed by atoms with E-state index in [1.807, 2.05) is 36.5 Å². The van der Waals surface area contributed by atoms with Gasteiger partial charge in [0, 0.05) is 41.2 Å². The highest BCUT2D eigenvalue weighted by molar-refractivity contribution is 7.18. The summed E-state index contributed by atoms with van der Waals surface area (Å²) in [6.45, 7) is 0.728. The number of nitrogen functional groups attached to an aromatic ring is 1. The van der Waals surface area contributed by atoms with Crippen molar-refractivity contribution >= 4 is 39.1 Å². The number of pyridine rings is 1. The van der Waals surface area contributed by atoms with Crippen LogP contribution in [0.5, 0.6) is 0 Å². The molecule has 3 aromatic heterocycles. The van der Waals surface area contributed by atoms with E-state index >= 15 is 0 Å². The molecular formula is C20H18N6OS. The van der Waals surface area contributed by atoms with Crippen molar-refractivity contribution in [3.05, 3.63) is 42.6 Å². The Balaban J connectivity index is 1.57. The minimum atomic E-state index is 0.144. The molecule has 28 heavy (non-hydrogen) atoms. The predicted molar refractivity (Wildman–Crippen MR) is 111 cm³/mol. The third-order valence-electron chi connectivity index (χ3n) is 4.98. The fourth-order valence-corrected chi connectivity index (χ4v) is 4.19. The minimum Gasteiger partial charge on any atom is -0.374 e. The summed E-state index contributed by atoms with van der Waals surface area (Å²) < 4.78 is 0. The van der Waals surface area contributed by atoms with E-state index in [-0.39, 0.29) is 5.91 Å². The van der Waals surface area contributed by atoms with Gasteiger partial charge in [0.1, 0.15) is 10.8 Å². The van der Waals surface area contributed by atoms with Crippen molar-refractivity contribution < 1.29 is 4.79 Å². The van der Waals surface area contributed by atoms with E-state index in [4.69, 9.17) is 10.7 Å². The molecule has 0 saturated carbocycles. The van der Waals surface area contributed by atoms with E-state index in [0.717, 1.165) is 52.1 Å². The van der Waals surface area contributed by atoms with Gasteiger partial charge in [-0.1, -0.05) is 17.4 Å². The zero-order valence-electron chi connectivity index (χ0n) is 15.1. The molecule has 0 radical (unpaired) electrons. The Morgan fingerprint density at radius 3 is 2.89 bits per heavy atom. The number of H-pyrrole nitrogens is 1. The van der Waals surface area contributed by atoms with Crippen molar-refractivity contribution in [3.63, 3.8) is 0 Å². The van der Waals surface area contributed by atoms with E-state index in [1.165, 1.54) is 11.3 Å². The van der Waals surface area contributed by atoms with Crippen LogP contribution in [-0.4, -0.2) is 32.6 Å². The predicted octanol–water partition coefficient (Wildman–Crippen LogP) is 3.85. The number of nitrogens with two attached hydrogens (primary N) is 1. The van der Waals surface area contributed by atoms with Crippen molar-refractivity contribution in [3.8, 4) is 21.8 Å². The van der Waals surface area contributed by atoms with Gasteiger partial charge >= 0.3 is 0 Å². The van der Waals surface area contributed by atoms with Crippen molar-refractivity contribution in [1.29, 1.82) is 0 Å². The lowest BCUT2D eigenvalue weighted by Gasteiger charge is -2.26. The average Bonchev–Trinajstić information content (AvgIpc) is 3.34. The van der Waals surface area contributed by atoms with Crippen LogP contribution >= 0.6 is 11.3 Å². The maximum absolute atomic E-state index is 12.3. The molecule has 3 N–H and O–H groups in total. The maximum Gasteiger partial charge on any atom is 0.228 e. The van der Waals surface area contributed by atoms with Gasteiger partial charge in [0.2, 0.25) is 11.0 Å². The minimum absolute atomic E-state index is 0.144. The summed E-state index contributed by atoms with van der Waals surface area (Å²) in [5.41, 5.74) is 9.52. The first-order chi connectivity index (χ1) is 13.7. The number of carbonyl (C=O) groups is 1. The molecule has 140 valence electrons. The Morgan fingerprint density at radius 2 is 2.07 bits per heavy atom. The van der Waals surface area contributed by atoms with Crippen molar-refractivity contribution in [2.45, 2.75) is 19.3 Å². The number of nitrogens with one attached hydrogen (secondary N) is 1. The molecule has 0 bridgehead atoms. The van der Waals surface area contributed by atoms with Crippen LogP contribution in [0.3, 0.4) is 0 Å². The molecule has 7 nitrogen and oxygen atoms in total. The third-order valence-corrected chi connectivity index (χ3v) is 5.78. The van der Waals surface area contributed by atoms with Crippen LogP contribution in [-0.2, 0) is 4.79 Å². The third kappa shape index (κ3) is 2.91. The molecule has 1 fully saturated rings. The molecule has 5 rings (SSSR count). The second-order valence-corrected chi connectivity index (χ2v) is 7.80. The zero-order chi connectivity index (χ0) is 19.1. The molecule has 0 aliphatic carbocycles. The molecule has 0 unspecified atom stereocenters. The highest BCUT2D eigenvalue weighted by Gasteiger charge is 2.21. The Kier molecular flexibility index (Phi) is 4.05. The van der Waals surface area contributed by atoms with Crippen LogP contribution in [0.2, 0.25) is 0 Å². The first-order valence-electron chi connectivity index (χ1n) is 9.17. The van der Waals surface area contributed by atoms with Gasteiger partial charge in [0.25, 0.3) is 0 Å². The molecular weight excluding hydrogens is 372 g/mol. The molecule has 1 aliphatic rings. The molecule has 4 heterocycles. The first-order valence-corrected chi connectivity index (χ1v) is 9.99. The molecule has 8 heteroatoms. The van der Waals surface area contributed by atoms with Crippen LogP contribution < -0.4 is 10.6 Å². The lowest BCUT2D eigenvalue weighted by atomic mass is 10.1. The number of hydrogen-bond donors (Lipinski definition) is 2. The topological polar surface area (TPSA) is 101 Å². The van der Waals surface area contributed by atoms with Crippen LogP contribution in [0, 0.1) is 0 Å². The van der Waals surface area contributed by atoms with Crippen LogP contribution in [0.1, 0.15) is 19.3 Å². The van der Waals surface area contributed by atoms with Crippen molar-refractivity contribution in [2.24, 2.45) is 0 Å². The number of piperidine rings is 1. The quantitative estimate of drug-likeness (QED) is 0.553. The van der Waals surface area contributed by atoms with Gasteiger partial charge in [0.15, 0.2) is 0 Å². The van der Waals surface area contributed by atoms with Crippen LogP contribution in [0.15, 0.2) is 42.6 Å². The maximum atomic E-state index is 12.3. The number of aromatic amines is 1. The standard InChI is InChI=1S/C20H18N6OS/c21-20-25-24-19(28-20)12-7-8-15-13(10-12)14(11-22-15)16-4-3-5-17(23-16)26-9-2-1-6-18(26)27/h3-5,7-8,10-11,22H,1-2,6,9H2,(H2,21,25). The number of nitrogens with zero attached hydrogens (tertiary/aromatic N) is 4. The normalized spacial score (nSPS) is 14.7. The Bertz CT molecular complexity index is 1180. The van der Waals surface area contributed by atoms with Gasteiger partial charge in [-0.15, -0.1) is 10.2 Å². The number of aromatic nitrogens is 4. The van der Waals surface area contributed by atoms with Gasteiger partial charge in [-0.05, 0) is 43.2 Å². The highest BCUT2D eigenvalue weighted by atomic mass is 32.1. The number of fused-ring (bicyclic) bond motifs is 1. The monoisotopic (exact) mass is 390 g/mol. The Hall–Kier alpha value is -3.26. The summed E-state index contributed by atoms with van der Waals surface area (Å²) in [6.07, 6.45) is 4.51. The second kappa shape index (κ2) is 6.72.